The highest BCUT2D eigenvalue weighted by Crippen LogP contribution is 2.32. The highest BCUT2D eigenvalue weighted by molar-refractivity contribution is 5.47. The van der Waals surface area contributed by atoms with Crippen LogP contribution in [0, 0.1) is 12.3 Å². The van der Waals surface area contributed by atoms with Crippen LogP contribution >= 0.6 is 0 Å². The number of nitrogens with two attached hydrogens (primary N) is 1. The average Bonchev–Trinajstić information content (AvgIpc) is 2.31. The Balaban J connectivity index is 2.10. The summed E-state index contributed by atoms with van der Waals surface area (Å²) in [5.74, 6) is 1.16. The van der Waals surface area contributed by atoms with Crippen LogP contribution in [-0.4, -0.2) is 24.6 Å². The van der Waals surface area contributed by atoms with E-state index in [1.165, 1.54) is 24.0 Å². The molecule has 0 amide bonds. The third-order valence-corrected chi connectivity index (χ3v) is 3.96. The van der Waals surface area contributed by atoms with E-state index in [4.69, 9.17) is 5.73 Å². The van der Waals surface area contributed by atoms with E-state index in [9.17, 15) is 0 Å². The molecular weight excluding hydrogens is 222 g/mol. The molecule has 18 heavy (non-hydrogen) atoms. The second kappa shape index (κ2) is 5.27. The van der Waals surface area contributed by atoms with Gasteiger partial charge in [0.05, 0.1) is 0 Å². The summed E-state index contributed by atoms with van der Waals surface area (Å²) in [6, 6.07) is 2.23. The van der Waals surface area contributed by atoms with Crippen LogP contribution in [-0.2, 0) is 6.42 Å². The summed E-state index contributed by atoms with van der Waals surface area (Å²) in [6.45, 7) is 9.80. The Bertz CT molecular complexity index is 402. The average molecular weight is 247 g/mol. The third kappa shape index (κ3) is 3.02. The second-order valence-corrected chi connectivity index (χ2v) is 6.17. The molecule has 0 bridgehead atoms. The zero-order valence-electron chi connectivity index (χ0n) is 11.9. The Labute approximate surface area is 110 Å². The van der Waals surface area contributed by atoms with Crippen molar-refractivity contribution >= 4 is 5.82 Å². The first-order valence-corrected chi connectivity index (χ1v) is 6.92. The first-order valence-electron chi connectivity index (χ1n) is 6.92. The molecule has 0 aromatic carbocycles. The van der Waals surface area contributed by atoms with Crippen molar-refractivity contribution in [1.82, 2.24) is 4.98 Å². The molecule has 1 aromatic rings. The Morgan fingerprint density at radius 2 is 2.00 bits per heavy atom. The third-order valence-electron chi connectivity index (χ3n) is 3.96. The zero-order valence-corrected chi connectivity index (χ0v) is 11.9. The molecule has 1 aliphatic heterocycles. The van der Waals surface area contributed by atoms with Crippen LogP contribution in [0.4, 0.5) is 5.82 Å². The molecule has 2 N–H and O–H groups in total. The molecule has 1 aromatic heterocycles. The first-order chi connectivity index (χ1) is 8.52. The Hall–Kier alpha value is -1.09. The molecule has 1 saturated heterocycles. The highest BCUT2D eigenvalue weighted by Gasteiger charge is 2.26. The maximum Gasteiger partial charge on any atom is 0.131 e. The van der Waals surface area contributed by atoms with E-state index in [-0.39, 0.29) is 0 Å². The normalized spacial score (nSPS) is 19.0. The van der Waals surface area contributed by atoms with Gasteiger partial charge in [-0.15, -0.1) is 0 Å². The van der Waals surface area contributed by atoms with Crippen LogP contribution in [0.3, 0.4) is 0 Å². The number of aryl methyl sites for hydroxylation is 1. The van der Waals surface area contributed by atoms with Crippen LogP contribution in [0.2, 0.25) is 0 Å². The summed E-state index contributed by atoms with van der Waals surface area (Å²) >= 11 is 0. The molecule has 3 nitrogen and oxygen atoms in total. The molecular formula is C15H25N3. The van der Waals surface area contributed by atoms with Gasteiger partial charge in [0, 0.05) is 19.3 Å². The standard InChI is InChI=1S/C15H25N3/c1-12-10-13(4-7-16)11-17-14(12)18-8-5-15(2,3)6-9-18/h10-11H,4-9,16H2,1-3H3. The van der Waals surface area contributed by atoms with Gasteiger partial charge in [0.2, 0.25) is 0 Å². The molecule has 0 unspecified atom stereocenters. The minimum Gasteiger partial charge on any atom is -0.356 e. The largest absolute Gasteiger partial charge is 0.356 e. The predicted octanol–water partition coefficient (Wildman–Crippen LogP) is 2.52. The topological polar surface area (TPSA) is 42.1 Å². The fraction of sp³-hybridized carbons (Fsp3) is 0.667. The number of pyridine rings is 1. The highest BCUT2D eigenvalue weighted by atomic mass is 15.2. The van der Waals surface area contributed by atoms with Gasteiger partial charge in [-0.2, -0.15) is 0 Å². The molecule has 1 aliphatic rings. The van der Waals surface area contributed by atoms with Crippen molar-refractivity contribution in [3.63, 3.8) is 0 Å². The smallest absolute Gasteiger partial charge is 0.131 e. The van der Waals surface area contributed by atoms with Gasteiger partial charge in [-0.25, -0.2) is 4.98 Å². The van der Waals surface area contributed by atoms with Gasteiger partial charge in [0.15, 0.2) is 0 Å². The Morgan fingerprint density at radius 1 is 1.33 bits per heavy atom. The van der Waals surface area contributed by atoms with Gasteiger partial charge in [-0.05, 0) is 49.3 Å². The molecule has 100 valence electrons. The van der Waals surface area contributed by atoms with E-state index >= 15 is 0 Å². The number of rotatable bonds is 3. The molecule has 3 heteroatoms. The van der Waals surface area contributed by atoms with Crippen molar-refractivity contribution in [1.29, 1.82) is 0 Å². The van der Waals surface area contributed by atoms with Crippen LogP contribution < -0.4 is 10.6 Å². The molecule has 0 radical (unpaired) electrons. The summed E-state index contributed by atoms with van der Waals surface area (Å²) < 4.78 is 0. The van der Waals surface area contributed by atoms with Crippen molar-refractivity contribution in [2.24, 2.45) is 11.1 Å². The number of aromatic nitrogens is 1. The monoisotopic (exact) mass is 247 g/mol. The number of hydrogen-bond donors (Lipinski definition) is 1. The molecule has 0 saturated carbocycles. The minimum absolute atomic E-state index is 0.490. The van der Waals surface area contributed by atoms with E-state index in [1.807, 2.05) is 6.20 Å². The van der Waals surface area contributed by atoms with Crippen LogP contribution in [0.25, 0.3) is 0 Å². The van der Waals surface area contributed by atoms with E-state index in [1.54, 1.807) is 0 Å². The minimum atomic E-state index is 0.490. The van der Waals surface area contributed by atoms with Gasteiger partial charge in [-0.1, -0.05) is 19.9 Å². The van der Waals surface area contributed by atoms with Crippen LogP contribution in [0.1, 0.15) is 37.8 Å². The van der Waals surface area contributed by atoms with Gasteiger partial charge in [0.1, 0.15) is 5.82 Å². The van der Waals surface area contributed by atoms with Gasteiger partial charge >= 0.3 is 0 Å². The maximum atomic E-state index is 5.58. The van der Waals surface area contributed by atoms with E-state index in [2.05, 4.69) is 36.7 Å². The predicted molar refractivity (Wildman–Crippen MR) is 77.0 cm³/mol. The van der Waals surface area contributed by atoms with Crippen molar-refractivity contribution < 1.29 is 0 Å². The quantitative estimate of drug-likeness (QED) is 0.892. The molecule has 2 heterocycles. The zero-order chi connectivity index (χ0) is 13.2. The van der Waals surface area contributed by atoms with Crippen molar-refractivity contribution in [2.75, 3.05) is 24.5 Å². The lowest BCUT2D eigenvalue weighted by atomic mass is 9.82. The van der Waals surface area contributed by atoms with E-state index in [0.29, 0.717) is 12.0 Å². The van der Waals surface area contributed by atoms with Crippen LogP contribution in [0.5, 0.6) is 0 Å². The Morgan fingerprint density at radius 3 is 2.56 bits per heavy atom. The molecule has 0 atom stereocenters. The fourth-order valence-electron chi connectivity index (χ4n) is 2.58. The van der Waals surface area contributed by atoms with Crippen molar-refractivity contribution in [3.8, 4) is 0 Å². The number of piperidine rings is 1. The van der Waals surface area contributed by atoms with E-state index in [0.717, 1.165) is 25.3 Å². The van der Waals surface area contributed by atoms with E-state index < -0.39 is 0 Å². The SMILES string of the molecule is Cc1cc(CCN)cnc1N1CCC(C)(C)CC1. The van der Waals surface area contributed by atoms with Crippen LogP contribution in [0.15, 0.2) is 12.3 Å². The van der Waals surface area contributed by atoms with Crippen molar-refractivity contribution in [2.45, 2.75) is 40.0 Å². The second-order valence-electron chi connectivity index (χ2n) is 6.17. The lowest BCUT2D eigenvalue weighted by molar-refractivity contribution is 0.279. The van der Waals surface area contributed by atoms with Gasteiger partial charge < -0.3 is 10.6 Å². The summed E-state index contributed by atoms with van der Waals surface area (Å²) in [4.78, 5) is 7.06. The van der Waals surface area contributed by atoms with Gasteiger partial charge in [0.25, 0.3) is 0 Å². The molecule has 0 spiro atoms. The summed E-state index contributed by atoms with van der Waals surface area (Å²) in [7, 11) is 0. The van der Waals surface area contributed by atoms with Gasteiger partial charge in [-0.3, -0.25) is 0 Å². The number of nitrogens with zero attached hydrogens (tertiary/aromatic N) is 2. The lowest BCUT2D eigenvalue weighted by Gasteiger charge is -2.38. The fourth-order valence-corrected chi connectivity index (χ4v) is 2.58. The lowest BCUT2D eigenvalue weighted by Crippen LogP contribution is -2.38. The Kier molecular flexibility index (Phi) is 3.91. The summed E-state index contributed by atoms with van der Waals surface area (Å²) in [6.07, 6.45) is 5.40. The molecule has 0 aliphatic carbocycles. The van der Waals surface area contributed by atoms with Crippen molar-refractivity contribution in [3.05, 3.63) is 23.4 Å². The maximum absolute atomic E-state index is 5.58. The summed E-state index contributed by atoms with van der Waals surface area (Å²) in [5, 5.41) is 0. The molecule has 2 rings (SSSR count). The summed E-state index contributed by atoms with van der Waals surface area (Å²) in [5.41, 5.74) is 8.60. The number of anilines is 1. The number of hydrogen-bond acceptors (Lipinski definition) is 3. The first kappa shape index (κ1) is 13.3. The molecule has 1 fully saturated rings.